The van der Waals surface area contributed by atoms with Crippen LogP contribution in [0.1, 0.15) is 17.2 Å². The van der Waals surface area contributed by atoms with Crippen molar-refractivity contribution in [3.05, 3.63) is 35.4 Å². The maximum Gasteiger partial charge on any atom is 0.376 e. The maximum absolute atomic E-state index is 13.0. The van der Waals surface area contributed by atoms with Gasteiger partial charge in [0.1, 0.15) is 6.04 Å². The molecule has 0 saturated heterocycles. The largest absolute Gasteiger partial charge is 0.477 e. The molecule has 0 saturated carbocycles. The Bertz CT molecular complexity index is 368. The van der Waals surface area contributed by atoms with Crippen LogP contribution in [0.5, 0.6) is 0 Å². The molecule has 0 bridgehead atoms. The molecule has 0 heterocycles. The van der Waals surface area contributed by atoms with E-state index in [0.29, 0.717) is 0 Å². The number of aliphatic carboxylic acids is 1. The Kier molecular flexibility index (Phi) is 4.83. The van der Waals surface area contributed by atoms with Gasteiger partial charge in [-0.25, -0.2) is 4.79 Å². The first-order valence-electron chi connectivity index (χ1n) is 4.29. The summed E-state index contributed by atoms with van der Waals surface area (Å²) >= 11 is 0. The van der Waals surface area contributed by atoms with Crippen molar-refractivity contribution >= 4 is 18.4 Å². The average Bonchev–Trinajstić information content (AvgIpc) is 2.17. The lowest BCUT2D eigenvalue weighted by Gasteiger charge is -2.19. The van der Waals surface area contributed by atoms with Crippen LogP contribution in [-0.2, 0) is 4.79 Å². The number of benzene rings is 1. The Labute approximate surface area is 97.7 Å². The molecule has 1 atom stereocenters. The third-order valence-electron chi connectivity index (χ3n) is 2.11. The molecule has 16 heavy (non-hydrogen) atoms. The van der Waals surface area contributed by atoms with Crippen LogP contribution in [0, 0.1) is 6.92 Å². The molecule has 0 aliphatic carbocycles. The van der Waals surface area contributed by atoms with Crippen LogP contribution in [0.25, 0.3) is 0 Å². The molecule has 0 aliphatic heterocycles. The fraction of sp³-hybridized carbons (Fsp3) is 0.300. The highest BCUT2D eigenvalue weighted by atomic mass is 35.5. The molecule has 0 spiro atoms. The van der Waals surface area contributed by atoms with Crippen molar-refractivity contribution in [2.24, 2.45) is 5.73 Å². The van der Waals surface area contributed by atoms with Crippen LogP contribution in [-0.4, -0.2) is 17.0 Å². The highest BCUT2D eigenvalue weighted by Gasteiger charge is 2.46. The summed E-state index contributed by atoms with van der Waals surface area (Å²) < 4.78 is 26.0. The predicted molar refractivity (Wildman–Crippen MR) is 57.9 cm³/mol. The number of carboxylic acid groups (broad SMARTS) is 1. The molecule has 0 aromatic heterocycles. The van der Waals surface area contributed by atoms with Crippen molar-refractivity contribution in [1.82, 2.24) is 0 Å². The van der Waals surface area contributed by atoms with E-state index in [1.54, 1.807) is 19.1 Å². The van der Waals surface area contributed by atoms with Gasteiger partial charge in [-0.05, 0) is 12.5 Å². The molecule has 1 aromatic rings. The molecular formula is C10H12ClF2NO2. The van der Waals surface area contributed by atoms with Gasteiger partial charge in [-0.2, -0.15) is 8.78 Å². The van der Waals surface area contributed by atoms with Gasteiger partial charge in [0.25, 0.3) is 0 Å². The van der Waals surface area contributed by atoms with Gasteiger partial charge in [0.05, 0.1) is 0 Å². The van der Waals surface area contributed by atoms with E-state index in [0.717, 1.165) is 5.56 Å². The summed E-state index contributed by atoms with van der Waals surface area (Å²) in [5.74, 6) is -6.16. The topological polar surface area (TPSA) is 63.3 Å². The van der Waals surface area contributed by atoms with E-state index in [2.05, 4.69) is 0 Å². The first-order valence-corrected chi connectivity index (χ1v) is 4.29. The molecule has 1 aromatic carbocycles. The SMILES string of the molecule is Cc1ccc(C(N)C(F)(F)C(=O)O)cc1.Cl. The molecule has 3 N–H and O–H groups in total. The van der Waals surface area contributed by atoms with Crippen molar-refractivity contribution in [2.75, 3.05) is 0 Å². The number of hydrogen-bond donors (Lipinski definition) is 2. The third kappa shape index (κ3) is 2.90. The Morgan fingerprint density at radius 2 is 1.81 bits per heavy atom. The van der Waals surface area contributed by atoms with E-state index in [-0.39, 0.29) is 18.0 Å². The first kappa shape index (κ1) is 14.8. The Hall–Kier alpha value is -1.20. The Morgan fingerprint density at radius 1 is 1.38 bits per heavy atom. The van der Waals surface area contributed by atoms with Gasteiger partial charge in [-0.3, -0.25) is 0 Å². The summed E-state index contributed by atoms with van der Waals surface area (Å²) in [5, 5.41) is 8.30. The van der Waals surface area contributed by atoms with Crippen LogP contribution >= 0.6 is 12.4 Å². The highest BCUT2D eigenvalue weighted by molar-refractivity contribution is 5.85. The molecular weight excluding hydrogens is 240 g/mol. The molecule has 90 valence electrons. The Morgan fingerprint density at radius 3 is 2.19 bits per heavy atom. The number of alkyl halides is 2. The van der Waals surface area contributed by atoms with Crippen molar-refractivity contribution in [3.63, 3.8) is 0 Å². The van der Waals surface area contributed by atoms with Gasteiger partial charge < -0.3 is 10.8 Å². The van der Waals surface area contributed by atoms with Crippen molar-refractivity contribution in [2.45, 2.75) is 18.9 Å². The van der Waals surface area contributed by atoms with Gasteiger partial charge in [0, 0.05) is 0 Å². The standard InChI is InChI=1S/C10H11F2NO2.ClH/c1-6-2-4-7(5-3-6)8(13)10(11,12)9(14)15;/h2-5,8H,13H2,1H3,(H,14,15);1H. The van der Waals surface area contributed by atoms with Gasteiger partial charge in [0.15, 0.2) is 0 Å². The van der Waals surface area contributed by atoms with Gasteiger partial charge >= 0.3 is 11.9 Å². The summed E-state index contributed by atoms with van der Waals surface area (Å²) in [6.45, 7) is 1.80. The number of aryl methyl sites for hydroxylation is 1. The number of carbonyl (C=O) groups is 1. The van der Waals surface area contributed by atoms with Crippen LogP contribution in [0.15, 0.2) is 24.3 Å². The monoisotopic (exact) mass is 251 g/mol. The molecule has 0 fully saturated rings. The number of rotatable bonds is 3. The summed E-state index contributed by atoms with van der Waals surface area (Å²) in [6.07, 6.45) is 0. The van der Waals surface area contributed by atoms with E-state index < -0.39 is 17.9 Å². The second-order valence-corrected chi connectivity index (χ2v) is 3.32. The van der Waals surface area contributed by atoms with E-state index >= 15 is 0 Å². The molecule has 1 rings (SSSR count). The smallest absolute Gasteiger partial charge is 0.376 e. The van der Waals surface area contributed by atoms with Crippen molar-refractivity contribution in [3.8, 4) is 0 Å². The van der Waals surface area contributed by atoms with E-state index in [4.69, 9.17) is 10.8 Å². The van der Waals surface area contributed by atoms with E-state index in [9.17, 15) is 13.6 Å². The van der Waals surface area contributed by atoms with Crippen LogP contribution in [0.4, 0.5) is 8.78 Å². The fourth-order valence-electron chi connectivity index (χ4n) is 1.12. The number of halogens is 3. The van der Waals surface area contributed by atoms with Crippen LogP contribution < -0.4 is 5.73 Å². The lowest BCUT2D eigenvalue weighted by molar-refractivity contribution is -0.168. The van der Waals surface area contributed by atoms with Crippen LogP contribution in [0.2, 0.25) is 0 Å². The molecule has 6 heteroatoms. The normalized spacial score (nSPS) is 12.8. The van der Waals surface area contributed by atoms with Gasteiger partial charge in [0.2, 0.25) is 0 Å². The lowest BCUT2D eigenvalue weighted by Crippen LogP contribution is -2.40. The average molecular weight is 252 g/mol. The summed E-state index contributed by atoms with van der Waals surface area (Å²) in [5.41, 5.74) is 6.19. The first-order chi connectivity index (χ1) is 6.85. The molecule has 0 amide bonds. The maximum atomic E-state index is 13.0. The quantitative estimate of drug-likeness (QED) is 0.865. The van der Waals surface area contributed by atoms with Crippen LogP contribution in [0.3, 0.4) is 0 Å². The third-order valence-corrected chi connectivity index (χ3v) is 2.11. The lowest BCUT2D eigenvalue weighted by atomic mass is 10.0. The van der Waals surface area contributed by atoms with Gasteiger partial charge in [-0.15, -0.1) is 12.4 Å². The minimum Gasteiger partial charge on any atom is -0.477 e. The second-order valence-electron chi connectivity index (χ2n) is 3.32. The number of carboxylic acids is 1. The Balaban J connectivity index is 0.00000225. The summed E-state index contributed by atoms with van der Waals surface area (Å²) in [4.78, 5) is 10.3. The summed E-state index contributed by atoms with van der Waals surface area (Å²) in [6, 6.07) is 4.18. The minimum atomic E-state index is -3.95. The summed E-state index contributed by atoms with van der Waals surface area (Å²) in [7, 11) is 0. The molecule has 3 nitrogen and oxygen atoms in total. The molecule has 1 unspecified atom stereocenters. The predicted octanol–water partition coefficient (Wildman–Crippen LogP) is 2.14. The molecule has 0 radical (unpaired) electrons. The molecule has 0 aliphatic rings. The van der Waals surface area contributed by atoms with Crippen molar-refractivity contribution in [1.29, 1.82) is 0 Å². The van der Waals surface area contributed by atoms with E-state index in [1.165, 1.54) is 12.1 Å². The zero-order valence-corrected chi connectivity index (χ0v) is 9.30. The zero-order chi connectivity index (χ0) is 11.6. The highest BCUT2D eigenvalue weighted by Crippen LogP contribution is 2.29. The fourth-order valence-corrected chi connectivity index (χ4v) is 1.12. The van der Waals surface area contributed by atoms with Crippen molar-refractivity contribution < 1.29 is 18.7 Å². The van der Waals surface area contributed by atoms with Gasteiger partial charge in [-0.1, -0.05) is 29.8 Å². The van der Waals surface area contributed by atoms with E-state index in [1.807, 2.05) is 0 Å². The second kappa shape index (κ2) is 5.23. The number of nitrogens with two attached hydrogens (primary N) is 1. The zero-order valence-electron chi connectivity index (χ0n) is 8.48. The number of hydrogen-bond acceptors (Lipinski definition) is 2. The minimum absolute atomic E-state index is 0.